The number of amides is 1. The maximum atomic E-state index is 12.8. The van der Waals surface area contributed by atoms with Crippen LogP contribution in [-0.4, -0.2) is 14.3 Å². The first-order valence-electron chi connectivity index (χ1n) is 8.94. The van der Waals surface area contributed by atoms with Crippen LogP contribution in [0.15, 0.2) is 65.6 Å². The fourth-order valence-electron chi connectivity index (χ4n) is 2.83. The minimum Gasteiger partial charge on any atom is -0.322 e. The highest BCUT2D eigenvalue weighted by Gasteiger charge is 2.18. The molecule has 0 heterocycles. The van der Waals surface area contributed by atoms with Gasteiger partial charge in [0, 0.05) is 16.3 Å². The number of rotatable bonds is 5. The van der Waals surface area contributed by atoms with E-state index >= 15 is 0 Å². The molecule has 3 aromatic rings. The highest BCUT2D eigenvalue weighted by atomic mass is 35.5. The molecule has 0 spiro atoms. The van der Waals surface area contributed by atoms with Crippen LogP contribution in [-0.2, 0) is 10.0 Å². The summed E-state index contributed by atoms with van der Waals surface area (Å²) < 4.78 is 28.0. The van der Waals surface area contributed by atoms with Crippen LogP contribution in [0, 0.1) is 20.8 Å². The predicted octanol–water partition coefficient (Wildman–Crippen LogP) is 5.32. The Morgan fingerprint density at radius 2 is 1.59 bits per heavy atom. The Morgan fingerprint density at radius 3 is 2.28 bits per heavy atom. The number of nitrogens with one attached hydrogen (secondary N) is 2. The van der Waals surface area contributed by atoms with Crippen molar-refractivity contribution in [2.75, 3.05) is 10.0 Å². The number of sulfonamides is 1. The monoisotopic (exact) mass is 428 g/mol. The highest BCUT2D eigenvalue weighted by Crippen LogP contribution is 2.25. The van der Waals surface area contributed by atoms with Gasteiger partial charge in [0.15, 0.2) is 0 Å². The molecule has 0 aliphatic carbocycles. The zero-order chi connectivity index (χ0) is 21.2. The lowest BCUT2D eigenvalue weighted by Gasteiger charge is -2.15. The molecule has 0 atom stereocenters. The van der Waals surface area contributed by atoms with Crippen molar-refractivity contribution in [3.05, 3.63) is 87.9 Å². The number of hydrogen-bond acceptors (Lipinski definition) is 3. The zero-order valence-corrected chi connectivity index (χ0v) is 17.9. The first-order valence-corrected chi connectivity index (χ1v) is 10.8. The van der Waals surface area contributed by atoms with Gasteiger partial charge < -0.3 is 5.32 Å². The summed E-state index contributed by atoms with van der Waals surface area (Å²) in [5.41, 5.74) is 3.69. The fourth-order valence-corrected chi connectivity index (χ4v) is 4.13. The molecule has 7 heteroatoms. The van der Waals surface area contributed by atoms with E-state index in [9.17, 15) is 13.2 Å². The standard InChI is InChI=1S/C22H21ClN2O3S/c1-14-7-11-18(12-8-14)29(27,28)25-20-6-4-5-19(16(20)3)22(26)24-21-13-17(23)10-9-15(21)2/h4-13,25H,1-3H3,(H,24,26). The molecule has 0 aliphatic rings. The number of carbonyl (C=O) groups excluding carboxylic acids is 1. The predicted molar refractivity (Wildman–Crippen MR) is 117 cm³/mol. The van der Waals surface area contributed by atoms with E-state index in [-0.39, 0.29) is 10.8 Å². The van der Waals surface area contributed by atoms with Crippen LogP contribution in [0.4, 0.5) is 11.4 Å². The number of anilines is 2. The third-order valence-corrected chi connectivity index (χ3v) is 6.22. The molecule has 2 N–H and O–H groups in total. The molecule has 3 aromatic carbocycles. The van der Waals surface area contributed by atoms with Gasteiger partial charge in [-0.15, -0.1) is 0 Å². The summed E-state index contributed by atoms with van der Waals surface area (Å²) in [6.45, 7) is 5.45. The van der Waals surface area contributed by atoms with Gasteiger partial charge in [-0.3, -0.25) is 9.52 Å². The van der Waals surface area contributed by atoms with Crippen LogP contribution in [0.2, 0.25) is 5.02 Å². The van der Waals surface area contributed by atoms with Crippen molar-refractivity contribution >= 4 is 38.9 Å². The van der Waals surface area contributed by atoms with Gasteiger partial charge in [0.1, 0.15) is 0 Å². The van der Waals surface area contributed by atoms with Gasteiger partial charge in [-0.1, -0.05) is 41.4 Å². The molecule has 0 aliphatic heterocycles. The minimum atomic E-state index is -3.77. The average Bonchev–Trinajstić information content (AvgIpc) is 2.66. The van der Waals surface area contributed by atoms with E-state index in [1.54, 1.807) is 61.5 Å². The van der Waals surface area contributed by atoms with Crippen molar-refractivity contribution in [1.29, 1.82) is 0 Å². The molecule has 5 nitrogen and oxygen atoms in total. The molecule has 29 heavy (non-hydrogen) atoms. The summed E-state index contributed by atoms with van der Waals surface area (Å²) in [5, 5.41) is 3.35. The van der Waals surface area contributed by atoms with Crippen LogP contribution in [0.5, 0.6) is 0 Å². The summed E-state index contributed by atoms with van der Waals surface area (Å²) >= 11 is 6.02. The zero-order valence-electron chi connectivity index (χ0n) is 16.3. The SMILES string of the molecule is Cc1ccc(S(=O)(=O)Nc2cccc(C(=O)Nc3cc(Cl)ccc3C)c2C)cc1. The number of hydrogen-bond donors (Lipinski definition) is 2. The maximum Gasteiger partial charge on any atom is 0.261 e. The van der Waals surface area contributed by atoms with Gasteiger partial charge in [0.2, 0.25) is 0 Å². The molecular weight excluding hydrogens is 408 g/mol. The minimum absolute atomic E-state index is 0.159. The van der Waals surface area contributed by atoms with Crippen molar-refractivity contribution in [2.24, 2.45) is 0 Å². The summed E-state index contributed by atoms with van der Waals surface area (Å²) in [7, 11) is -3.77. The van der Waals surface area contributed by atoms with E-state index < -0.39 is 10.0 Å². The van der Waals surface area contributed by atoms with Gasteiger partial charge in [0.25, 0.3) is 15.9 Å². The van der Waals surface area contributed by atoms with Crippen molar-refractivity contribution in [2.45, 2.75) is 25.7 Å². The second kappa shape index (κ2) is 8.27. The Morgan fingerprint density at radius 1 is 0.897 bits per heavy atom. The van der Waals surface area contributed by atoms with Crippen LogP contribution in [0.25, 0.3) is 0 Å². The smallest absolute Gasteiger partial charge is 0.261 e. The molecule has 3 rings (SSSR count). The number of benzene rings is 3. The van der Waals surface area contributed by atoms with Crippen molar-refractivity contribution in [1.82, 2.24) is 0 Å². The second-order valence-electron chi connectivity index (χ2n) is 6.81. The first kappa shape index (κ1) is 20.9. The van der Waals surface area contributed by atoms with Gasteiger partial charge >= 0.3 is 0 Å². The fraction of sp³-hybridized carbons (Fsp3) is 0.136. The van der Waals surface area contributed by atoms with Gasteiger partial charge in [-0.25, -0.2) is 8.42 Å². The van der Waals surface area contributed by atoms with Gasteiger partial charge in [0.05, 0.1) is 10.6 Å². The molecule has 1 amide bonds. The molecule has 0 unspecified atom stereocenters. The Labute approximate surface area is 175 Å². The molecule has 0 fully saturated rings. The Balaban J connectivity index is 1.88. The van der Waals surface area contributed by atoms with Crippen LogP contribution >= 0.6 is 11.6 Å². The second-order valence-corrected chi connectivity index (χ2v) is 8.93. The van der Waals surface area contributed by atoms with E-state index in [1.165, 1.54) is 0 Å². The van der Waals surface area contributed by atoms with Crippen molar-refractivity contribution in [3.63, 3.8) is 0 Å². The average molecular weight is 429 g/mol. The normalized spacial score (nSPS) is 11.2. The van der Waals surface area contributed by atoms with E-state index in [2.05, 4.69) is 10.0 Å². The quantitative estimate of drug-likeness (QED) is 0.577. The van der Waals surface area contributed by atoms with E-state index in [0.717, 1.165) is 11.1 Å². The lowest BCUT2D eigenvalue weighted by atomic mass is 10.1. The van der Waals surface area contributed by atoms with Crippen LogP contribution in [0.1, 0.15) is 27.0 Å². The van der Waals surface area contributed by atoms with E-state index in [1.807, 2.05) is 19.9 Å². The Kier molecular flexibility index (Phi) is 5.96. The third-order valence-electron chi connectivity index (χ3n) is 4.60. The maximum absolute atomic E-state index is 12.8. The number of halogens is 1. The van der Waals surface area contributed by atoms with Crippen LogP contribution in [0.3, 0.4) is 0 Å². The molecular formula is C22H21ClN2O3S. The Hall–Kier alpha value is -2.83. The lowest BCUT2D eigenvalue weighted by molar-refractivity contribution is 0.102. The van der Waals surface area contributed by atoms with Gasteiger partial charge in [-0.05, 0) is 68.3 Å². The van der Waals surface area contributed by atoms with Gasteiger partial charge in [-0.2, -0.15) is 0 Å². The van der Waals surface area contributed by atoms with Crippen molar-refractivity contribution in [3.8, 4) is 0 Å². The Bertz CT molecular complexity index is 1170. The van der Waals surface area contributed by atoms with E-state index in [4.69, 9.17) is 11.6 Å². The highest BCUT2D eigenvalue weighted by molar-refractivity contribution is 7.92. The lowest BCUT2D eigenvalue weighted by Crippen LogP contribution is -2.17. The first-order chi connectivity index (χ1) is 13.7. The summed E-state index contributed by atoms with van der Waals surface area (Å²) in [4.78, 5) is 13.0. The topological polar surface area (TPSA) is 75.3 Å². The molecule has 0 radical (unpaired) electrons. The van der Waals surface area contributed by atoms with Crippen molar-refractivity contribution < 1.29 is 13.2 Å². The van der Waals surface area contributed by atoms with Crippen LogP contribution < -0.4 is 10.0 Å². The number of aryl methyl sites for hydroxylation is 2. The summed E-state index contributed by atoms with van der Waals surface area (Å²) in [5.74, 6) is -0.343. The van der Waals surface area contributed by atoms with E-state index in [0.29, 0.717) is 27.5 Å². The molecule has 150 valence electrons. The molecule has 0 saturated heterocycles. The largest absolute Gasteiger partial charge is 0.322 e. The molecule has 0 bridgehead atoms. The molecule has 0 saturated carbocycles. The summed E-state index contributed by atoms with van der Waals surface area (Å²) in [6, 6.07) is 16.7. The molecule has 0 aromatic heterocycles. The summed E-state index contributed by atoms with van der Waals surface area (Å²) in [6.07, 6.45) is 0. The third kappa shape index (κ3) is 4.78. The number of carbonyl (C=O) groups is 1.